The first-order valence-electron chi connectivity index (χ1n) is 6.46. The third kappa shape index (κ3) is 3.77. The van der Waals surface area contributed by atoms with Crippen LogP contribution < -0.4 is 5.32 Å². The SMILES string of the molecule is O=C(CC(C(=O)O)C1CCCO1)Nc1ccc(F)cc1. The van der Waals surface area contributed by atoms with E-state index in [1.165, 1.54) is 24.3 Å². The van der Waals surface area contributed by atoms with E-state index in [1.54, 1.807) is 0 Å². The first kappa shape index (κ1) is 14.5. The van der Waals surface area contributed by atoms with E-state index in [2.05, 4.69) is 5.32 Å². The quantitative estimate of drug-likeness (QED) is 0.866. The van der Waals surface area contributed by atoms with Crippen molar-refractivity contribution >= 4 is 17.6 Å². The second-order valence-electron chi connectivity index (χ2n) is 4.76. The van der Waals surface area contributed by atoms with Crippen molar-refractivity contribution in [3.63, 3.8) is 0 Å². The lowest BCUT2D eigenvalue weighted by atomic mass is 9.96. The molecule has 0 spiro atoms. The second kappa shape index (κ2) is 6.47. The van der Waals surface area contributed by atoms with E-state index in [0.717, 1.165) is 6.42 Å². The number of carbonyl (C=O) groups is 2. The topological polar surface area (TPSA) is 75.6 Å². The molecule has 5 nitrogen and oxygen atoms in total. The van der Waals surface area contributed by atoms with Crippen molar-refractivity contribution in [2.75, 3.05) is 11.9 Å². The van der Waals surface area contributed by atoms with Gasteiger partial charge in [-0.3, -0.25) is 9.59 Å². The number of amides is 1. The fourth-order valence-corrected chi connectivity index (χ4v) is 2.24. The van der Waals surface area contributed by atoms with Gasteiger partial charge in [0, 0.05) is 18.7 Å². The first-order valence-corrected chi connectivity index (χ1v) is 6.46. The number of nitrogens with one attached hydrogen (secondary N) is 1. The third-order valence-electron chi connectivity index (χ3n) is 3.26. The Labute approximate surface area is 115 Å². The normalized spacial score (nSPS) is 19.6. The van der Waals surface area contributed by atoms with E-state index < -0.39 is 29.7 Å². The van der Waals surface area contributed by atoms with Crippen molar-refractivity contribution in [3.05, 3.63) is 30.1 Å². The number of rotatable bonds is 5. The summed E-state index contributed by atoms with van der Waals surface area (Å²) in [5.41, 5.74) is 0.438. The summed E-state index contributed by atoms with van der Waals surface area (Å²) in [5.74, 6) is -2.70. The highest BCUT2D eigenvalue weighted by Gasteiger charge is 2.33. The van der Waals surface area contributed by atoms with E-state index in [9.17, 15) is 19.1 Å². The zero-order valence-corrected chi connectivity index (χ0v) is 10.8. The Hall–Kier alpha value is -1.95. The van der Waals surface area contributed by atoms with Crippen LogP contribution in [0.1, 0.15) is 19.3 Å². The molecule has 0 saturated carbocycles. The van der Waals surface area contributed by atoms with E-state index in [0.29, 0.717) is 18.7 Å². The van der Waals surface area contributed by atoms with E-state index in [-0.39, 0.29) is 6.42 Å². The van der Waals surface area contributed by atoms with Gasteiger partial charge in [-0.15, -0.1) is 0 Å². The number of ether oxygens (including phenoxy) is 1. The van der Waals surface area contributed by atoms with Crippen LogP contribution in [0.25, 0.3) is 0 Å². The van der Waals surface area contributed by atoms with Gasteiger partial charge in [-0.1, -0.05) is 0 Å². The number of carbonyl (C=O) groups excluding carboxylic acids is 1. The Kier molecular flexibility index (Phi) is 4.68. The maximum atomic E-state index is 12.7. The Morgan fingerprint density at radius 3 is 2.65 bits per heavy atom. The van der Waals surface area contributed by atoms with Crippen molar-refractivity contribution in [1.29, 1.82) is 0 Å². The Balaban J connectivity index is 1.94. The summed E-state index contributed by atoms with van der Waals surface area (Å²) < 4.78 is 18.1. The molecule has 0 aromatic heterocycles. The molecule has 20 heavy (non-hydrogen) atoms. The standard InChI is InChI=1S/C14H16FNO4/c15-9-3-5-10(6-4-9)16-13(17)8-11(14(18)19)12-2-1-7-20-12/h3-6,11-12H,1-2,7-8H2,(H,16,17)(H,18,19). The fourth-order valence-electron chi connectivity index (χ4n) is 2.24. The monoisotopic (exact) mass is 281 g/mol. The van der Waals surface area contributed by atoms with Crippen LogP contribution in [0.5, 0.6) is 0 Å². The van der Waals surface area contributed by atoms with Crippen molar-refractivity contribution in [2.45, 2.75) is 25.4 Å². The van der Waals surface area contributed by atoms with Crippen LogP contribution >= 0.6 is 0 Å². The highest BCUT2D eigenvalue weighted by atomic mass is 19.1. The Bertz CT molecular complexity index is 482. The molecule has 1 fully saturated rings. The molecule has 108 valence electrons. The molecule has 0 bridgehead atoms. The van der Waals surface area contributed by atoms with Crippen LogP contribution in [0.2, 0.25) is 0 Å². The average Bonchev–Trinajstić information content (AvgIpc) is 2.92. The Morgan fingerprint density at radius 1 is 1.40 bits per heavy atom. The number of carboxylic acids is 1. The molecule has 6 heteroatoms. The van der Waals surface area contributed by atoms with Crippen molar-refractivity contribution in [2.24, 2.45) is 5.92 Å². The molecule has 2 unspecified atom stereocenters. The van der Waals surface area contributed by atoms with E-state index >= 15 is 0 Å². The second-order valence-corrected chi connectivity index (χ2v) is 4.76. The van der Waals surface area contributed by atoms with Gasteiger partial charge >= 0.3 is 5.97 Å². The lowest BCUT2D eigenvalue weighted by Gasteiger charge is -2.18. The zero-order valence-electron chi connectivity index (χ0n) is 10.8. The number of benzene rings is 1. The fraction of sp³-hybridized carbons (Fsp3) is 0.429. The minimum Gasteiger partial charge on any atom is -0.481 e. The number of hydrogen-bond acceptors (Lipinski definition) is 3. The molecule has 1 aliphatic heterocycles. The van der Waals surface area contributed by atoms with Crippen molar-refractivity contribution < 1.29 is 23.8 Å². The zero-order chi connectivity index (χ0) is 14.5. The largest absolute Gasteiger partial charge is 0.481 e. The van der Waals surface area contributed by atoms with Gasteiger partial charge in [-0.2, -0.15) is 0 Å². The minimum atomic E-state index is -1.04. The summed E-state index contributed by atoms with van der Waals surface area (Å²) in [4.78, 5) is 23.1. The van der Waals surface area contributed by atoms with Crippen LogP contribution in [0, 0.1) is 11.7 Å². The number of anilines is 1. The summed E-state index contributed by atoms with van der Waals surface area (Å²) >= 11 is 0. The molecule has 0 aliphatic carbocycles. The van der Waals surface area contributed by atoms with Crippen LogP contribution in [0.4, 0.5) is 10.1 Å². The lowest BCUT2D eigenvalue weighted by Crippen LogP contribution is -2.31. The van der Waals surface area contributed by atoms with Crippen LogP contribution in [-0.2, 0) is 14.3 Å². The van der Waals surface area contributed by atoms with Crippen molar-refractivity contribution in [3.8, 4) is 0 Å². The number of aliphatic carboxylic acids is 1. The van der Waals surface area contributed by atoms with Crippen LogP contribution in [0.15, 0.2) is 24.3 Å². The van der Waals surface area contributed by atoms with Gasteiger partial charge in [-0.25, -0.2) is 4.39 Å². The molecule has 1 heterocycles. The average molecular weight is 281 g/mol. The van der Waals surface area contributed by atoms with Crippen molar-refractivity contribution in [1.82, 2.24) is 0 Å². The Morgan fingerprint density at radius 2 is 2.10 bits per heavy atom. The predicted octanol–water partition coefficient (Wildman–Crippen LogP) is 2.03. The third-order valence-corrected chi connectivity index (χ3v) is 3.26. The summed E-state index contributed by atoms with van der Waals surface area (Å²) in [5, 5.41) is 11.7. The number of carboxylic acid groups (broad SMARTS) is 1. The minimum absolute atomic E-state index is 0.155. The number of hydrogen-bond donors (Lipinski definition) is 2. The maximum Gasteiger partial charge on any atom is 0.309 e. The van der Waals surface area contributed by atoms with Gasteiger partial charge in [-0.05, 0) is 37.1 Å². The molecule has 1 aromatic rings. The molecule has 1 amide bonds. The number of halogens is 1. The van der Waals surface area contributed by atoms with Gasteiger partial charge in [0.15, 0.2) is 0 Å². The van der Waals surface area contributed by atoms with E-state index in [4.69, 9.17) is 4.74 Å². The molecule has 2 N–H and O–H groups in total. The molecular weight excluding hydrogens is 265 g/mol. The van der Waals surface area contributed by atoms with Gasteiger partial charge in [0.2, 0.25) is 5.91 Å². The highest BCUT2D eigenvalue weighted by Crippen LogP contribution is 2.24. The molecular formula is C14H16FNO4. The predicted molar refractivity (Wildman–Crippen MR) is 69.7 cm³/mol. The molecule has 1 saturated heterocycles. The molecule has 1 aromatic carbocycles. The van der Waals surface area contributed by atoms with Gasteiger partial charge < -0.3 is 15.2 Å². The van der Waals surface area contributed by atoms with Crippen LogP contribution in [-0.4, -0.2) is 29.7 Å². The lowest BCUT2D eigenvalue weighted by molar-refractivity contribution is -0.148. The molecule has 1 aliphatic rings. The van der Waals surface area contributed by atoms with Gasteiger partial charge in [0.05, 0.1) is 12.0 Å². The molecule has 0 radical (unpaired) electrons. The smallest absolute Gasteiger partial charge is 0.309 e. The first-order chi connectivity index (χ1) is 9.56. The summed E-state index contributed by atoms with van der Waals surface area (Å²) in [6, 6.07) is 5.30. The maximum absolute atomic E-state index is 12.7. The van der Waals surface area contributed by atoms with Gasteiger partial charge in [0.1, 0.15) is 5.82 Å². The van der Waals surface area contributed by atoms with E-state index in [1.807, 2.05) is 0 Å². The van der Waals surface area contributed by atoms with Crippen LogP contribution in [0.3, 0.4) is 0 Å². The summed E-state index contributed by atoms with van der Waals surface area (Å²) in [6.45, 7) is 0.536. The highest BCUT2D eigenvalue weighted by molar-refractivity contribution is 5.93. The summed E-state index contributed by atoms with van der Waals surface area (Å²) in [6.07, 6.45) is 0.901. The summed E-state index contributed by atoms with van der Waals surface area (Å²) in [7, 11) is 0. The molecule has 2 rings (SSSR count). The molecule has 2 atom stereocenters. The van der Waals surface area contributed by atoms with Gasteiger partial charge in [0.25, 0.3) is 0 Å².